The predicted molar refractivity (Wildman–Crippen MR) is 555 cm³/mol. The number of pyridine rings is 4. The Morgan fingerprint density at radius 3 is 0.833 bits per heavy atom. The Morgan fingerprint density at radius 2 is 0.447 bits per heavy atom. The second-order valence-corrected chi connectivity index (χ2v) is 33.6. The van der Waals surface area contributed by atoms with E-state index < -0.39 is 13.7 Å². The van der Waals surface area contributed by atoms with Crippen LogP contribution in [0.2, 0.25) is 0 Å². The van der Waals surface area contributed by atoms with Crippen LogP contribution in [0, 0.1) is 74.9 Å². The van der Waals surface area contributed by atoms with Gasteiger partial charge < -0.3 is 0 Å². The molecule has 4 nitrogen and oxygen atoms in total. The van der Waals surface area contributed by atoms with Crippen molar-refractivity contribution in [2.75, 3.05) is 0 Å². The fraction of sp³-hybridized carbons (Fsp3) is 0.0938. The standard InChI is InChI=1S/4C32H26N/c1-4-9-24-10-7-12-25(18-24)29-16-23(2)17-30(20-29)26-13-8-14-27(19-26)32-22-33(3)21-28-11-5-6-15-31(28)32;1-4-9-24-10-7-12-25(18-24)26-13-8-14-27(19-26)29-16-23(2)17-30(21-29)31-20-28-11-5-6-15-32(28)33(3)22-31;1-4-9-24-16-23(2)17-30(18-24)27-13-7-11-25(19-27)26-12-8-14-28(20-26)31-21-29-10-5-6-15-32(29)33(3)22-31;1-4-9-24-16-23(2)17-30(18-24)27-13-7-11-25(19-27)26-12-8-14-28(20-26)32-22-33(3)21-29-10-5-6-15-31(29)32/h4*5-8,10-22H,1-3H3/q4*+1/i;2D3;;2D3. The summed E-state index contributed by atoms with van der Waals surface area (Å²) in [5.41, 5.74) is 36.0. The second-order valence-electron chi connectivity index (χ2n) is 33.6. The minimum atomic E-state index is -2.21. The molecule has 20 rings (SSSR count). The van der Waals surface area contributed by atoms with E-state index in [1.807, 2.05) is 89.5 Å². The molecule has 0 N–H and O–H groups in total. The van der Waals surface area contributed by atoms with Crippen LogP contribution in [-0.4, -0.2) is 0 Å². The van der Waals surface area contributed by atoms with E-state index in [0.29, 0.717) is 16.7 Å². The lowest BCUT2D eigenvalue weighted by Gasteiger charge is -2.11. The van der Waals surface area contributed by atoms with Gasteiger partial charge in [-0.2, -0.15) is 0 Å². The van der Waals surface area contributed by atoms with Crippen LogP contribution in [0.1, 0.15) is 80.4 Å². The third-order valence-electron chi connectivity index (χ3n) is 23.7. The van der Waals surface area contributed by atoms with Crippen LogP contribution in [-0.2, 0) is 28.2 Å². The van der Waals surface area contributed by atoms with Crippen molar-refractivity contribution < 1.29 is 26.5 Å². The van der Waals surface area contributed by atoms with E-state index in [1.165, 1.54) is 116 Å². The Balaban J connectivity index is 0.000000127. The molecule has 16 aromatic carbocycles. The largest absolute Gasteiger partial charge is 0.212 e. The van der Waals surface area contributed by atoms with Gasteiger partial charge in [0.2, 0.25) is 11.0 Å². The van der Waals surface area contributed by atoms with Crippen LogP contribution in [0.15, 0.2) is 413 Å². The molecule has 0 bridgehead atoms. The Hall–Kier alpha value is -16.6. The Labute approximate surface area is 786 Å². The Kier molecular flexibility index (Phi) is 24.3. The van der Waals surface area contributed by atoms with Crippen LogP contribution >= 0.6 is 0 Å². The lowest BCUT2D eigenvalue weighted by Crippen LogP contribution is -2.28. The third kappa shape index (κ3) is 20.6. The molecule has 0 aliphatic rings. The van der Waals surface area contributed by atoms with Gasteiger partial charge in [0.05, 0.1) is 11.1 Å². The summed E-state index contributed by atoms with van der Waals surface area (Å²) in [6.45, 7) is 7.23. The van der Waals surface area contributed by atoms with Gasteiger partial charge in [0, 0.05) is 86.1 Å². The number of hydrogen-bond donors (Lipinski definition) is 0. The molecule has 0 spiro atoms. The summed E-state index contributed by atoms with van der Waals surface area (Å²) in [4.78, 5) is 0. The number of aromatic nitrogens is 4. The van der Waals surface area contributed by atoms with Gasteiger partial charge in [-0.1, -0.05) is 254 Å². The van der Waals surface area contributed by atoms with E-state index >= 15 is 0 Å². The normalized spacial score (nSPS) is 11.5. The van der Waals surface area contributed by atoms with Gasteiger partial charge in [-0.25, -0.2) is 18.3 Å². The van der Waals surface area contributed by atoms with E-state index in [0.717, 1.165) is 88.8 Å². The number of nitrogens with zero attached hydrogens (tertiary/aromatic N) is 4. The highest BCUT2D eigenvalue weighted by molar-refractivity contribution is 5.98. The monoisotopic (exact) mass is 1700 g/mol. The summed E-state index contributed by atoms with van der Waals surface area (Å²) in [6.07, 6.45) is 12.9. The quantitative estimate of drug-likeness (QED) is 0.0856. The molecule has 0 atom stereocenters. The molecule has 0 aliphatic carbocycles. The minimum Gasteiger partial charge on any atom is -0.207 e. The number of aryl methyl sites for hydroxylation is 8. The third-order valence-corrected chi connectivity index (χ3v) is 23.7. The molecule has 0 fully saturated rings. The Bertz CT molecular complexity index is 8350. The van der Waals surface area contributed by atoms with Crippen molar-refractivity contribution in [3.05, 3.63) is 458 Å². The second kappa shape index (κ2) is 40.2. The topological polar surface area (TPSA) is 15.5 Å². The highest BCUT2D eigenvalue weighted by atomic mass is 14.9. The number of hydrogen-bond acceptors (Lipinski definition) is 0. The zero-order valence-corrected chi connectivity index (χ0v) is 76.0. The first-order chi connectivity index (χ1) is 66.8. The summed E-state index contributed by atoms with van der Waals surface area (Å²) in [6, 6.07) is 131. The molecule has 0 saturated carbocycles. The summed E-state index contributed by atoms with van der Waals surface area (Å²) in [5.74, 6) is 24.3. The molecular weight excluding hydrogens is 1590 g/mol. The van der Waals surface area contributed by atoms with Crippen molar-refractivity contribution in [1.29, 1.82) is 0 Å². The van der Waals surface area contributed by atoms with Crippen LogP contribution < -0.4 is 18.3 Å². The highest BCUT2D eigenvalue weighted by Crippen LogP contribution is 2.39. The molecule has 4 aromatic heterocycles. The first-order valence-electron chi connectivity index (χ1n) is 47.5. The van der Waals surface area contributed by atoms with Crippen LogP contribution in [0.3, 0.4) is 0 Å². The lowest BCUT2D eigenvalue weighted by atomic mass is 9.93. The first-order valence-corrected chi connectivity index (χ1v) is 44.5. The van der Waals surface area contributed by atoms with Gasteiger partial charge >= 0.3 is 0 Å². The number of para-hydroxylation sites is 2. The summed E-state index contributed by atoms with van der Waals surface area (Å²) < 4.78 is 56.6. The van der Waals surface area contributed by atoms with Crippen LogP contribution in [0.5, 0.6) is 0 Å². The molecule has 0 unspecified atom stereocenters. The van der Waals surface area contributed by atoms with E-state index in [1.54, 1.807) is 31.2 Å². The fourth-order valence-electron chi connectivity index (χ4n) is 17.7. The average molecular weight is 1700 g/mol. The Morgan fingerprint density at radius 1 is 0.197 bits per heavy atom. The van der Waals surface area contributed by atoms with Crippen molar-refractivity contribution in [2.24, 2.45) is 28.2 Å². The average Bonchev–Trinajstić information content (AvgIpc) is 0.773. The van der Waals surface area contributed by atoms with Gasteiger partial charge in [0.15, 0.2) is 37.2 Å². The fourth-order valence-corrected chi connectivity index (χ4v) is 17.7. The number of benzene rings is 16. The smallest absolute Gasteiger partial charge is 0.207 e. The molecule has 0 radical (unpaired) electrons. The van der Waals surface area contributed by atoms with Gasteiger partial charge in [-0.3, -0.25) is 0 Å². The molecule has 632 valence electrons. The number of fused-ring (bicyclic) bond motifs is 4. The molecule has 20 aromatic rings. The molecule has 0 amide bonds. The van der Waals surface area contributed by atoms with Crippen molar-refractivity contribution >= 4 is 43.4 Å². The molecule has 132 heavy (non-hydrogen) atoms. The van der Waals surface area contributed by atoms with Crippen molar-refractivity contribution in [2.45, 2.75) is 55.2 Å². The summed E-state index contributed by atoms with van der Waals surface area (Å²) in [7, 11) is 8.26. The summed E-state index contributed by atoms with van der Waals surface area (Å²) >= 11 is 0. The van der Waals surface area contributed by atoms with Crippen LogP contribution in [0.4, 0.5) is 0 Å². The number of rotatable bonds is 12. The maximum atomic E-state index is 8.12. The molecule has 4 heteroatoms. The zero-order valence-electron chi connectivity index (χ0n) is 82.0. The van der Waals surface area contributed by atoms with Crippen molar-refractivity contribution in [3.8, 4) is 181 Å². The van der Waals surface area contributed by atoms with E-state index in [-0.39, 0.29) is 0 Å². The van der Waals surface area contributed by atoms with Gasteiger partial charge in [-0.15, -0.1) is 23.7 Å². The molecular formula is C128H104N4+4. The lowest BCUT2D eigenvalue weighted by molar-refractivity contribution is -0.669. The molecule has 0 aliphatic heterocycles. The van der Waals surface area contributed by atoms with Gasteiger partial charge in [-0.05, 0) is 322 Å². The minimum absolute atomic E-state index is 0.300. The maximum absolute atomic E-state index is 8.12. The van der Waals surface area contributed by atoms with Gasteiger partial charge in [0.1, 0.15) is 28.2 Å². The predicted octanol–water partition coefficient (Wildman–Crippen LogP) is 29.4. The SMILES string of the molecule is CC#Cc1cc(C)cc(-c2cccc(-c3cccc(-c4cc5ccccc5[n+](C)c4)c3)c2)c1.CC#Cc1cccc(-c2cc(C)cc(-c3cccc(-c4c[n+](C)cc5ccccc45)c3)c2)c1.[2H]C([2H])([2H])c1cc(-c2cccc(-c3cccc(C#CC)c3)c2)cc(-c2cc3ccccc3[n+](C)c2)c1.[2H]C([2H])([2H])c1cc(C#CC)cc(-c2cccc(-c3cccc(-c4c[n+](C)cc5ccccc45)c3)c2)c1. The maximum Gasteiger partial charge on any atom is 0.212 e. The molecule has 4 heterocycles. The van der Waals surface area contributed by atoms with E-state index in [2.05, 4.69) is 428 Å². The van der Waals surface area contributed by atoms with E-state index in [9.17, 15) is 0 Å². The van der Waals surface area contributed by atoms with E-state index in [4.69, 9.17) is 8.22 Å². The highest BCUT2D eigenvalue weighted by Gasteiger charge is 2.19. The summed E-state index contributed by atoms with van der Waals surface area (Å²) in [5, 5.41) is 7.28. The van der Waals surface area contributed by atoms with Gasteiger partial charge in [0.25, 0.3) is 0 Å². The van der Waals surface area contributed by atoms with Crippen molar-refractivity contribution in [1.82, 2.24) is 0 Å². The van der Waals surface area contributed by atoms with Crippen molar-refractivity contribution in [3.63, 3.8) is 0 Å². The van der Waals surface area contributed by atoms with Crippen LogP contribution in [0.25, 0.3) is 177 Å². The zero-order chi connectivity index (χ0) is 96.1. The molecule has 0 saturated heterocycles. The first kappa shape index (κ1) is 80.0.